The Morgan fingerprint density at radius 3 is 2.84 bits per heavy atom. The lowest BCUT2D eigenvalue weighted by molar-refractivity contribution is 0.174. The molecule has 1 atom stereocenters. The molecule has 2 N–H and O–H groups in total. The fourth-order valence-corrected chi connectivity index (χ4v) is 5.12. The van der Waals surface area contributed by atoms with E-state index in [2.05, 4.69) is 33.8 Å². The van der Waals surface area contributed by atoms with Crippen LogP contribution in [0.2, 0.25) is 5.02 Å². The molecule has 1 aliphatic carbocycles. The number of hydrogen-bond acceptors (Lipinski definition) is 7. The van der Waals surface area contributed by atoms with Gasteiger partial charge in [-0.25, -0.2) is 4.98 Å². The standard InChI is InChI=1S/C23H24ClN3O3S/c1-28-11-10-25-21(16-4-2-3-5-17(16)24)20-13-26-22(31-20)27-23(8-9-23)15-6-7-18-19(12-15)30-14-29-18/h2-7,12-13,21,25H,8-11,14H2,1H3,(H,26,27). The summed E-state index contributed by atoms with van der Waals surface area (Å²) in [6.45, 7) is 1.63. The minimum Gasteiger partial charge on any atom is -0.454 e. The largest absolute Gasteiger partial charge is 0.454 e. The van der Waals surface area contributed by atoms with Crippen molar-refractivity contribution in [1.29, 1.82) is 0 Å². The molecule has 31 heavy (non-hydrogen) atoms. The second kappa shape index (κ2) is 8.67. The molecule has 2 aliphatic rings. The molecular formula is C23H24ClN3O3S. The molecule has 0 amide bonds. The van der Waals surface area contributed by atoms with E-state index in [0.717, 1.165) is 44.9 Å². The molecular weight excluding hydrogens is 434 g/mol. The van der Waals surface area contributed by atoms with Gasteiger partial charge in [0.15, 0.2) is 16.6 Å². The normalized spacial score (nSPS) is 16.8. The Balaban J connectivity index is 1.37. The van der Waals surface area contributed by atoms with Gasteiger partial charge in [-0.1, -0.05) is 35.9 Å². The van der Waals surface area contributed by atoms with E-state index in [4.69, 9.17) is 25.8 Å². The fraction of sp³-hybridized carbons (Fsp3) is 0.348. The maximum Gasteiger partial charge on any atom is 0.231 e. The number of fused-ring (bicyclic) bond motifs is 1. The maximum atomic E-state index is 6.51. The van der Waals surface area contributed by atoms with E-state index in [9.17, 15) is 0 Å². The van der Waals surface area contributed by atoms with E-state index in [-0.39, 0.29) is 18.4 Å². The third-order valence-electron chi connectivity index (χ3n) is 5.70. The summed E-state index contributed by atoms with van der Waals surface area (Å²) in [6, 6.07) is 14.1. The molecule has 1 unspecified atom stereocenters. The second-order valence-corrected chi connectivity index (χ2v) is 9.21. The predicted octanol–water partition coefficient (Wildman–Crippen LogP) is 4.95. The number of benzene rings is 2. The first-order chi connectivity index (χ1) is 15.2. The van der Waals surface area contributed by atoms with Crippen molar-refractivity contribution in [3.05, 3.63) is 69.7 Å². The van der Waals surface area contributed by atoms with Crippen LogP contribution in [0.5, 0.6) is 11.5 Å². The number of hydrogen-bond donors (Lipinski definition) is 2. The highest BCUT2D eigenvalue weighted by molar-refractivity contribution is 7.15. The number of nitrogens with zero attached hydrogens (tertiary/aromatic N) is 1. The first-order valence-corrected chi connectivity index (χ1v) is 11.5. The summed E-state index contributed by atoms with van der Waals surface area (Å²) >= 11 is 8.16. The lowest BCUT2D eigenvalue weighted by Gasteiger charge is -2.19. The first-order valence-electron chi connectivity index (χ1n) is 10.3. The Hall–Kier alpha value is -2.32. The number of methoxy groups -OCH3 is 1. The molecule has 8 heteroatoms. The van der Waals surface area contributed by atoms with Gasteiger partial charge in [-0.05, 0) is 42.2 Å². The van der Waals surface area contributed by atoms with E-state index < -0.39 is 0 Å². The lowest BCUT2D eigenvalue weighted by atomic mass is 10.0. The van der Waals surface area contributed by atoms with Crippen molar-refractivity contribution in [3.8, 4) is 11.5 Å². The Bertz CT molecular complexity index is 1070. The SMILES string of the molecule is COCCNC(c1cnc(NC2(c3ccc4c(c3)OCO4)CC2)s1)c1ccccc1Cl. The van der Waals surface area contributed by atoms with Crippen molar-refractivity contribution >= 4 is 28.1 Å². The number of ether oxygens (including phenoxy) is 3. The van der Waals surface area contributed by atoms with Gasteiger partial charge in [-0.2, -0.15) is 0 Å². The third-order valence-corrected chi connectivity index (χ3v) is 7.02. The van der Waals surface area contributed by atoms with E-state index >= 15 is 0 Å². The molecule has 2 aromatic carbocycles. The van der Waals surface area contributed by atoms with Gasteiger partial charge in [0.25, 0.3) is 0 Å². The monoisotopic (exact) mass is 457 g/mol. The number of halogens is 1. The summed E-state index contributed by atoms with van der Waals surface area (Å²) in [7, 11) is 1.70. The van der Waals surface area contributed by atoms with Crippen LogP contribution in [-0.2, 0) is 10.3 Å². The van der Waals surface area contributed by atoms with Crippen LogP contribution in [0.15, 0.2) is 48.7 Å². The van der Waals surface area contributed by atoms with Crippen LogP contribution in [-0.4, -0.2) is 32.0 Å². The topological polar surface area (TPSA) is 64.6 Å². The molecule has 162 valence electrons. The minimum atomic E-state index is -0.0977. The quantitative estimate of drug-likeness (QED) is 0.443. The fourth-order valence-electron chi connectivity index (χ4n) is 3.87. The zero-order chi connectivity index (χ0) is 21.3. The molecule has 0 radical (unpaired) electrons. The molecule has 0 saturated heterocycles. The predicted molar refractivity (Wildman–Crippen MR) is 122 cm³/mol. The molecule has 6 nitrogen and oxygen atoms in total. The molecule has 1 saturated carbocycles. The van der Waals surface area contributed by atoms with Crippen molar-refractivity contribution < 1.29 is 14.2 Å². The van der Waals surface area contributed by atoms with Crippen LogP contribution in [0.3, 0.4) is 0 Å². The molecule has 0 spiro atoms. The molecule has 2 heterocycles. The van der Waals surface area contributed by atoms with Crippen LogP contribution in [0, 0.1) is 0 Å². The highest BCUT2D eigenvalue weighted by Gasteiger charge is 2.45. The first kappa shape index (κ1) is 20.6. The van der Waals surface area contributed by atoms with Gasteiger partial charge in [-0.3, -0.25) is 0 Å². The smallest absolute Gasteiger partial charge is 0.231 e. The summed E-state index contributed by atoms with van der Waals surface area (Å²) in [5, 5.41) is 8.85. The van der Waals surface area contributed by atoms with Crippen molar-refractivity contribution in [2.24, 2.45) is 0 Å². The van der Waals surface area contributed by atoms with Crippen molar-refractivity contribution in [3.63, 3.8) is 0 Å². The van der Waals surface area contributed by atoms with E-state index in [1.807, 2.05) is 30.5 Å². The van der Waals surface area contributed by atoms with E-state index in [0.29, 0.717) is 13.2 Å². The lowest BCUT2D eigenvalue weighted by Crippen LogP contribution is -2.25. The van der Waals surface area contributed by atoms with E-state index in [1.165, 1.54) is 5.56 Å². The van der Waals surface area contributed by atoms with E-state index in [1.54, 1.807) is 18.4 Å². The number of aromatic nitrogens is 1. The van der Waals surface area contributed by atoms with Crippen molar-refractivity contribution in [2.45, 2.75) is 24.4 Å². The Kier molecular flexibility index (Phi) is 5.75. The summed E-state index contributed by atoms with van der Waals surface area (Å²) in [5.41, 5.74) is 2.14. The van der Waals surface area contributed by atoms with Gasteiger partial charge in [0, 0.05) is 29.8 Å². The van der Waals surface area contributed by atoms with Gasteiger partial charge in [-0.15, -0.1) is 11.3 Å². The zero-order valence-electron chi connectivity index (χ0n) is 17.2. The summed E-state index contributed by atoms with van der Waals surface area (Å²) in [4.78, 5) is 5.79. The maximum absolute atomic E-state index is 6.51. The Labute approximate surface area is 190 Å². The van der Waals surface area contributed by atoms with Gasteiger partial charge in [0.2, 0.25) is 6.79 Å². The van der Waals surface area contributed by atoms with Crippen LogP contribution < -0.4 is 20.1 Å². The highest BCUT2D eigenvalue weighted by Crippen LogP contribution is 2.51. The number of anilines is 1. The van der Waals surface area contributed by atoms with Crippen molar-refractivity contribution in [1.82, 2.24) is 10.3 Å². The second-order valence-electron chi connectivity index (χ2n) is 7.74. The average Bonchev–Trinajstić information content (AvgIpc) is 3.19. The van der Waals surface area contributed by atoms with Crippen LogP contribution >= 0.6 is 22.9 Å². The van der Waals surface area contributed by atoms with Crippen LogP contribution in [0.25, 0.3) is 0 Å². The van der Waals surface area contributed by atoms with Gasteiger partial charge in [0.1, 0.15) is 0 Å². The zero-order valence-corrected chi connectivity index (χ0v) is 18.8. The molecule has 1 aromatic heterocycles. The average molecular weight is 458 g/mol. The summed E-state index contributed by atoms with van der Waals surface area (Å²) in [5.74, 6) is 1.62. The molecule has 1 fully saturated rings. The van der Waals surface area contributed by atoms with Gasteiger partial charge in [0.05, 0.1) is 18.2 Å². The van der Waals surface area contributed by atoms with Crippen molar-refractivity contribution in [2.75, 3.05) is 32.4 Å². The van der Waals surface area contributed by atoms with Crippen LogP contribution in [0.1, 0.15) is 34.9 Å². The molecule has 1 aliphatic heterocycles. The van der Waals surface area contributed by atoms with Crippen LogP contribution in [0.4, 0.5) is 5.13 Å². The Morgan fingerprint density at radius 1 is 1.19 bits per heavy atom. The highest BCUT2D eigenvalue weighted by atomic mass is 35.5. The van der Waals surface area contributed by atoms with Gasteiger partial charge >= 0.3 is 0 Å². The Morgan fingerprint density at radius 2 is 2.03 bits per heavy atom. The summed E-state index contributed by atoms with van der Waals surface area (Å²) < 4.78 is 16.2. The molecule has 5 rings (SSSR count). The molecule has 3 aromatic rings. The number of rotatable bonds is 9. The number of nitrogens with one attached hydrogen (secondary N) is 2. The summed E-state index contributed by atoms with van der Waals surface area (Å²) in [6.07, 6.45) is 4.04. The molecule has 0 bridgehead atoms. The third kappa shape index (κ3) is 4.23. The number of thiazole rings is 1. The van der Waals surface area contributed by atoms with Gasteiger partial charge < -0.3 is 24.8 Å². The minimum absolute atomic E-state index is 0.0439.